The Balaban J connectivity index is 1.80. The summed E-state index contributed by atoms with van der Waals surface area (Å²) >= 11 is 0. The van der Waals surface area contributed by atoms with Gasteiger partial charge in [-0.05, 0) is 36.3 Å². The summed E-state index contributed by atoms with van der Waals surface area (Å²) in [5.41, 5.74) is 2.29. The van der Waals surface area contributed by atoms with E-state index in [0.29, 0.717) is 6.04 Å². The van der Waals surface area contributed by atoms with E-state index in [2.05, 4.69) is 24.4 Å². The van der Waals surface area contributed by atoms with Crippen molar-refractivity contribution >= 4 is 0 Å². The van der Waals surface area contributed by atoms with E-state index in [4.69, 9.17) is 5.11 Å². The Bertz CT molecular complexity index is 320. The van der Waals surface area contributed by atoms with Gasteiger partial charge in [-0.25, -0.2) is 0 Å². The molecule has 0 radical (unpaired) electrons. The molecule has 0 bridgehead atoms. The Hall–Kier alpha value is -0.860. The Morgan fingerprint density at radius 3 is 2.44 bits per heavy atom. The Morgan fingerprint density at radius 1 is 1.19 bits per heavy atom. The molecule has 0 saturated heterocycles. The fourth-order valence-corrected chi connectivity index (χ4v) is 2.42. The maximum Gasteiger partial charge on any atom is 0.0681 e. The average molecular weight is 219 g/mol. The van der Waals surface area contributed by atoms with Gasteiger partial charge in [-0.2, -0.15) is 0 Å². The SMILES string of the molecule is CC1CCC(NCc2ccc(CO)cc2)C1. The molecular weight excluding hydrogens is 198 g/mol. The van der Waals surface area contributed by atoms with E-state index >= 15 is 0 Å². The number of rotatable bonds is 4. The molecular formula is C14H21NO. The quantitative estimate of drug-likeness (QED) is 0.815. The number of aliphatic hydroxyl groups excluding tert-OH is 1. The summed E-state index contributed by atoms with van der Waals surface area (Å²) in [6, 6.07) is 8.88. The number of benzene rings is 1. The molecule has 0 aliphatic heterocycles. The van der Waals surface area contributed by atoms with Crippen molar-refractivity contribution in [2.24, 2.45) is 5.92 Å². The minimum Gasteiger partial charge on any atom is -0.392 e. The zero-order valence-electron chi connectivity index (χ0n) is 9.95. The minimum atomic E-state index is 0.133. The zero-order chi connectivity index (χ0) is 11.4. The van der Waals surface area contributed by atoms with Crippen molar-refractivity contribution in [3.63, 3.8) is 0 Å². The first-order chi connectivity index (χ1) is 7.78. The molecule has 2 N–H and O–H groups in total. The second kappa shape index (κ2) is 5.46. The van der Waals surface area contributed by atoms with Crippen LogP contribution in [0.3, 0.4) is 0 Å². The maximum absolute atomic E-state index is 8.94. The lowest BCUT2D eigenvalue weighted by Crippen LogP contribution is -2.25. The van der Waals surface area contributed by atoms with E-state index in [9.17, 15) is 0 Å². The highest BCUT2D eigenvalue weighted by Crippen LogP contribution is 2.24. The molecule has 1 fully saturated rings. The van der Waals surface area contributed by atoms with Crippen LogP contribution in [-0.2, 0) is 13.2 Å². The third-order valence-corrected chi connectivity index (χ3v) is 3.50. The van der Waals surface area contributed by atoms with Crippen LogP contribution < -0.4 is 5.32 Å². The number of hydrogen-bond acceptors (Lipinski definition) is 2. The summed E-state index contributed by atoms with van der Waals surface area (Å²) in [7, 11) is 0. The fourth-order valence-electron chi connectivity index (χ4n) is 2.42. The molecule has 0 heterocycles. The summed E-state index contributed by atoms with van der Waals surface area (Å²) in [5.74, 6) is 0.884. The summed E-state index contributed by atoms with van der Waals surface area (Å²) in [6.45, 7) is 3.41. The molecule has 2 unspecified atom stereocenters. The molecule has 0 aromatic heterocycles. The average Bonchev–Trinajstić information content (AvgIpc) is 2.73. The first kappa shape index (κ1) is 11.6. The monoisotopic (exact) mass is 219 g/mol. The van der Waals surface area contributed by atoms with Crippen LogP contribution in [0.2, 0.25) is 0 Å². The van der Waals surface area contributed by atoms with Gasteiger partial charge < -0.3 is 10.4 Å². The minimum absolute atomic E-state index is 0.133. The number of hydrogen-bond donors (Lipinski definition) is 2. The molecule has 1 aromatic carbocycles. The number of aliphatic hydroxyl groups is 1. The van der Waals surface area contributed by atoms with E-state index in [0.717, 1.165) is 18.0 Å². The summed E-state index contributed by atoms with van der Waals surface area (Å²) in [5, 5.41) is 12.5. The highest BCUT2D eigenvalue weighted by molar-refractivity contribution is 5.21. The van der Waals surface area contributed by atoms with Gasteiger partial charge in [-0.3, -0.25) is 0 Å². The van der Waals surface area contributed by atoms with Gasteiger partial charge in [0, 0.05) is 12.6 Å². The van der Waals surface area contributed by atoms with E-state index in [1.165, 1.54) is 24.8 Å². The molecule has 1 aliphatic rings. The third-order valence-electron chi connectivity index (χ3n) is 3.50. The van der Waals surface area contributed by atoms with Crippen molar-refractivity contribution in [2.45, 2.75) is 45.4 Å². The standard InChI is InChI=1S/C14H21NO/c1-11-2-7-14(8-11)15-9-12-3-5-13(10-16)6-4-12/h3-6,11,14-16H,2,7-10H2,1H3. The molecule has 1 aliphatic carbocycles. The lowest BCUT2D eigenvalue weighted by molar-refractivity contribution is 0.282. The van der Waals surface area contributed by atoms with Crippen LogP contribution in [0.15, 0.2) is 24.3 Å². The van der Waals surface area contributed by atoms with Crippen LogP contribution in [0, 0.1) is 5.92 Å². The Morgan fingerprint density at radius 2 is 1.88 bits per heavy atom. The van der Waals surface area contributed by atoms with Crippen LogP contribution in [0.25, 0.3) is 0 Å². The molecule has 16 heavy (non-hydrogen) atoms. The van der Waals surface area contributed by atoms with Gasteiger partial charge in [0.2, 0.25) is 0 Å². The molecule has 1 saturated carbocycles. The van der Waals surface area contributed by atoms with Crippen molar-refractivity contribution in [1.82, 2.24) is 5.32 Å². The first-order valence-electron chi connectivity index (χ1n) is 6.20. The van der Waals surface area contributed by atoms with Crippen molar-refractivity contribution in [3.05, 3.63) is 35.4 Å². The van der Waals surface area contributed by atoms with Crippen LogP contribution >= 0.6 is 0 Å². The van der Waals surface area contributed by atoms with E-state index < -0.39 is 0 Å². The van der Waals surface area contributed by atoms with Gasteiger partial charge in [0.15, 0.2) is 0 Å². The number of nitrogens with one attached hydrogen (secondary N) is 1. The highest BCUT2D eigenvalue weighted by atomic mass is 16.3. The van der Waals surface area contributed by atoms with Gasteiger partial charge in [0.1, 0.15) is 0 Å². The first-order valence-corrected chi connectivity index (χ1v) is 6.20. The van der Waals surface area contributed by atoms with Crippen molar-refractivity contribution in [2.75, 3.05) is 0 Å². The molecule has 2 atom stereocenters. The van der Waals surface area contributed by atoms with Crippen molar-refractivity contribution < 1.29 is 5.11 Å². The van der Waals surface area contributed by atoms with Gasteiger partial charge in [0.25, 0.3) is 0 Å². The van der Waals surface area contributed by atoms with Crippen molar-refractivity contribution in [1.29, 1.82) is 0 Å². The van der Waals surface area contributed by atoms with Crippen LogP contribution in [0.5, 0.6) is 0 Å². The largest absolute Gasteiger partial charge is 0.392 e. The molecule has 0 spiro atoms. The van der Waals surface area contributed by atoms with Crippen LogP contribution in [0.1, 0.15) is 37.3 Å². The normalized spacial score (nSPS) is 24.9. The second-order valence-corrected chi connectivity index (χ2v) is 4.97. The predicted octanol–water partition coefficient (Wildman–Crippen LogP) is 2.46. The smallest absolute Gasteiger partial charge is 0.0681 e. The lowest BCUT2D eigenvalue weighted by atomic mass is 10.1. The lowest BCUT2D eigenvalue weighted by Gasteiger charge is -2.12. The Labute approximate surface area is 97.7 Å². The topological polar surface area (TPSA) is 32.3 Å². The van der Waals surface area contributed by atoms with Crippen LogP contribution in [-0.4, -0.2) is 11.1 Å². The Kier molecular flexibility index (Phi) is 3.97. The highest BCUT2D eigenvalue weighted by Gasteiger charge is 2.20. The summed E-state index contributed by atoms with van der Waals surface area (Å²) in [4.78, 5) is 0. The second-order valence-electron chi connectivity index (χ2n) is 4.97. The van der Waals surface area contributed by atoms with E-state index in [-0.39, 0.29) is 6.61 Å². The molecule has 0 amide bonds. The van der Waals surface area contributed by atoms with Gasteiger partial charge in [-0.15, -0.1) is 0 Å². The van der Waals surface area contributed by atoms with Crippen molar-refractivity contribution in [3.8, 4) is 0 Å². The van der Waals surface area contributed by atoms with Gasteiger partial charge >= 0.3 is 0 Å². The van der Waals surface area contributed by atoms with E-state index in [1.807, 2.05) is 12.1 Å². The van der Waals surface area contributed by atoms with Gasteiger partial charge in [0.05, 0.1) is 6.61 Å². The van der Waals surface area contributed by atoms with Crippen LogP contribution in [0.4, 0.5) is 0 Å². The molecule has 2 rings (SSSR count). The maximum atomic E-state index is 8.94. The molecule has 2 heteroatoms. The van der Waals surface area contributed by atoms with E-state index in [1.54, 1.807) is 0 Å². The zero-order valence-corrected chi connectivity index (χ0v) is 9.95. The summed E-state index contributed by atoms with van der Waals surface area (Å²) in [6.07, 6.45) is 3.99. The predicted molar refractivity (Wildman–Crippen MR) is 66.0 cm³/mol. The summed E-state index contributed by atoms with van der Waals surface area (Å²) < 4.78 is 0. The fraction of sp³-hybridized carbons (Fsp3) is 0.571. The van der Waals surface area contributed by atoms with Gasteiger partial charge in [-0.1, -0.05) is 31.2 Å². The molecule has 88 valence electrons. The molecule has 2 nitrogen and oxygen atoms in total. The molecule has 1 aromatic rings. The third kappa shape index (κ3) is 3.06.